The summed E-state index contributed by atoms with van der Waals surface area (Å²) in [5, 5.41) is 4.50. The van der Waals surface area contributed by atoms with E-state index in [1.165, 1.54) is 0 Å². The van der Waals surface area contributed by atoms with Crippen LogP contribution in [0.25, 0.3) is 43.6 Å². The zero-order valence-electron chi connectivity index (χ0n) is 20.7. The molecule has 0 amide bonds. The Bertz CT molecular complexity index is 1810. The second kappa shape index (κ2) is 9.49. The van der Waals surface area contributed by atoms with Gasteiger partial charge in [0.15, 0.2) is 0 Å². The monoisotopic (exact) mass is 492 g/mol. The number of fused-ring (bicyclic) bond motifs is 4. The lowest BCUT2D eigenvalue weighted by molar-refractivity contribution is 0.290. The van der Waals surface area contributed by atoms with Crippen LogP contribution in [0.2, 0.25) is 0 Å². The predicted molar refractivity (Wildman–Crippen MR) is 154 cm³/mol. The van der Waals surface area contributed by atoms with Gasteiger partial charge in [-0.25, -0.2) is 9.97 Å². The minimum absolute atomic E-state index is 0.470. The number of ether oxygens (including phenoxy) is 2. The fourth-order valence-corrected chi connectivity index (χ4v) is 4.83. The Morgan fingerprint density at radius 2 is 0.868 bits per heavy atom. The highest BCUT2D eigenvalue weighted by Crippen LogP contribution is 2.25. The van der Waals surface area contributed by atoms with Crippen LogP contribution < -0.4 is 9.47 Å². The van der Waals surface area contributed by atoms with Gasteiger partial charge in [0.05, 0.1) is 22.1 Å². The number of para-hydroxylation sites is 2. The number of aromatic nitrogens is 2. The molecule has 0 bridgehead atoms. The average Bonchev–Trinajstić information content (AvgIpc) is 2.97. The van der Waals surface area contributed by atoms with E-state index in [0.29, 0.717) is 13.2 Å². The number of hydrogen-bond donors (Lipinski definition) is 0. The van der Waals surface area contributed by atoms with E-state index in [1.54, 1.807) is 0 Å². The summed E-state index contributed by atoms with van der Waals surface area (Å²) in [6.45, 7) is 0.940. The molecule has 0 atom stereocenters. The normalized spacial score (nSPS) is 11.4. The molecule has 7 rings (SSSR count). The summed E-state index contributed by atoms with van der Waals surface area (Å²) in [6, 6.07) is 41.1. The maximum Gasteiger partial charge on any atom is 0.123 e. The van der Waals surface area contributed by atoms with Crippen molar-refractivity contribution in [3.05, 3.63) is 132 Å². The predicted octanol–water partition coefficient (Wildman–Crippen LogP) is 8.25. The van der Waals surface area contributed by atoms with Crippen LogP contribution in [0.5, 0.6) is 11.5 Å². The van der Waals surface area contributed by atoms with Crippen LogP contribution in [0.3, 0.4) is 0 Å². The molecule has 0 saturated carbocycles. The van der Waals surface area contributed by atoms with Crippen molar-refractivity contribution < 1.29 is 9.47 Å². The summed E-state index contributed by atoms with van der Waals surface area (Å²) in [6.07, 6.45) is 0. The number of pyridine rings is 2. The molecule has 4 nitrogen and oxygen atoms in total. The first kappa shape index (κ1) is 22.3. The van der Waals surface area contributed by atoms with E-state index in [9.17, 15) is 0 Å². The minimum Gasteiger partial charge on any atom is -0.489 e. The van der Waals surface area contributed by atoms with E-state index in [-0.39, 0.29) is 0 Å². The van der Waals surface area contributed by atoms with Gasteiger partial charge in [0, 0.05) is 27.6 Å². The molecule has 5 aromatic carbocycles. The van der Waals surface area contributed by atoms with Gasteiger partial charge in [-0.15, -0.1) is 0 Å². The van der Waals surface area contributed by atoms with Crippen molar-refractivity contribution in [2.24, 2.45) is 0 Å². The molecular weight excluding hydrogens is 468 g/mol. The van der Waals surface area contributed by atoms with Crippen molar-refractivity contribution >= 4 is 43.6 Å². The topological polar surface area (TPSA) is 44.2 Å². The standard InChI is InChI=1S/C34H24N2O2/c1-3-10-31-25(6-1)18-27-16-23(12-14-33(27)35-31)21-37-29-8-5-9-30(20-29)38-22-24-13-15-34-28(17-24)19-26-7-2-4-11-32(26)36-34/h1-20H,21-22H2. The summed E-state index contributed by atoms with van der Waals surface area (Å²) in [5.74, 6) is 1.54. The molecule has 0 saturated heterocycles. The second-order valence-electron chi connectivity index (χ2n) is 9.47. The molecule has 0 aliphatic carbocycles. The third-order valence-corrected chi connectivity index (χ3v) is 6.78. The molecule has 0 radical (unpaired) electrons. The highest BCUT2D eigenvalue weighted by Gasteiger charge is 2.05. The number of rotatable bonds is 6. The molecule has 0 fully saturated rings. The van der Waals surface area contributed by atoms with Gasteiger partial charge < -0.3 is 9.47 Å². The molecule has 182 valence electrons. The largest absolute Gasteiger partial charge is 0.489 e. The zero-order valence-corrected chi connectivity index (χ0v) is 20.7. The van der Waals surface area contributed by atoms with E-state index in [0.717, 1.165) is 66.2 Å². The molecule has 0 aliphatic heterocycles. The molecule has 7 aromatic rings. The van der Waals surface area contributed by atoms with Crippen molar-refractivity contribution in [2.75, 3.05) is 0 Å². The van der Waals surface area contributed by atoms with Crippen LogP contribution in [0.15, 0.2) is 121 Å². The Labute approximate surface area is 220 Å². The van der Waals surface area contributed by atoms with Crippen LogP contribution in [0.1, 0.15) is 11.1 Å². The van der Waals surface area contributed by atoms with E-state index in [2.05, 4.69) is 60.7 Å². The smallest absolute Gasteiger partial charge is 0.123 e. The van der Waals surface area contributed by atoms with Crippen molar-refractivity contribution in [1.29, 1.82) is 0 Å². The number of benzene rings is 5. The van der Waals surface area contributed by atoms with Crippen molar-refractivity contribution in [3.63, 3.8) is 0 Å². The summed E-state index contributed by atoms with van der Waals surface area (Å²) < 4.78 is 12.2. The van der Waals surface area contributed by atoms with E-state index in [4.69, 9.17) is 19.4 Å². The van der Waals surface area contributed by atoms with Gasteiger partial charge in [-0.1, -0.05) is 54.6 Å². The summed E-state index contributed by atoms with van der Waals surface area (Å²) in [7, 11) is 0. The van der Waals surface area contributed by atoms with E-state index in [1.807, 2.05) is 60.7 Å². The third-order valence-electron chi connectivity index (χ3n) is 6.78. The summed E-state index contributed by atoms with van der Waals surface area (Å²) in [4.78, 5) is 9.53. The number of hydrogen-bond acceptors (Lipinski definition) is 4. The van der Waals surface area contributed by atoms with Gasteiger partial charge in [0.1, 0.15) is 24.7 Å². The maximum atomic E-state index is 6.11. The maximum absolute atomic E-state index is 6.11. The molecule has 0 aliphatic rings. The van der Waals surface area contributed by atoms with Crippen LogP contribution in [-0.4, -0.2) is 9.97 Å². The lowest BCUT2D eigenvalue weighted by Crippen LogP contribution is -1.98. The molecular formula is C34H24N2O2. The Morgan fingerprint density at radius 1 is 0.395 bits per heavy atom. The molecule has 2 aromatic heterocycles. The highest BCUT2D eigenvalue weighted by atomic mass is 16.5. The van der Waals surface area contributed by atoms with Gasteiger partial charge in [-0.3, -0.25) is 0 Å². The van der Waals surface area contributed by atoms with E-state index >= 15 is 0 Å². The molecule has 0 unspecified atom stereocenters. The Morgan fingerprint density at radius 3 is 1.39 bits per heavy atom. The van der Waals surface area contributed by atoms with Gasteiger partial charge in [0.2, 0.25) is 0 Å². The van der Waals surface area contributed by atoms with Gasteiger partial charge in [-0.05, 0) is 71.8 Å². The first-order chi connectivity index (χ1) is 18.8. The van der Waals surface area contributed by atoms with Crippen LogP contribution in [-0.2, 0) is 13.2 Å². The van der Waals surface area contributed by atoms with Crippen molar-refractivity contribution in [3.8, 4) is 11.5 Å². The molecule has 38 heavy (non-hydrogen) atoms. The van der Waals surface area contributed by atoms with E-state index < -0.39 is 0 Å². The second-order valence-corrected chi connectivity index (χ2v) is 9.47. The zero-order chi connectivity index (χ0) is 25.3. The van der Waals surface area contributed by atoms with Gasteiger partial charge in [-0.2, -0.15) is 0 Å². The average molecular weight is 493 g/mol. The molecule has 0 N–H and O–H groups in total. The first-order valence-corrected chi connectivity index (χ1v) is 12.7. The quantitative estimate of drug-likeness (QED) is 0.219. The summed E-state index contributed by atoms with van der Waals surface area (Å²) in [5.41, 5.74) is 6.18. The third kappa shape index (κ3) is 4.48. The van der Waals surface area contributed by atoms with Gasteiger partial charge >= 0.3 is 0 Å². The van der Waals surface area contributed by atoms with Crippen LogP contribution >= 0.6 is 0 Å². The van der Waals surface area contributed by atoms with Crippen molar-refractivity contribution in [1.82, 2.24) is 9.97 Å². The fraction of sp³-hybridized carbons (Fsp3) is 0.0588. The number of nitrogens with zero attached hydrogens (tertiary/aromatic N) is 2. The first-order valence-electron chi connectivity index (χ1n) is 12.7. The minimum atomic E-state index is 0.470. The lowest BCUT2D eigenvalue weighted by Gasteiger charge is -2.11. The van der Waals surface area contributed by atoms with Crippen molar-refractivity contribution in [2.45, 2.75) is 13.2 Å². The van der Waals surface area contributed by atoms with Crippen LogP contribution in [0.4, 0.5) is 0 Å². The van der Waals surface area contributed by atoms with Crippen LogP contribution in [0, 0.1) is 0 Å². The lowest BCUT2D eigenvalue weighted by atomic mass is 10.1. The molecule has 4 heteroatoms. The van der Waals surface area contributed by atoms with Gasteiger partial charge in [0.25, 0.3) is 0 Å². The Hall–Kier alpha value is -4.96. The molecule has 0 spiro atoms. The Kier molecular flexibility index (Phi) is 5.56. The highest BCUT2D eigenvalue weighted by molar-refractivity contribution is 5.93. The Balaban J connectivity index is 1.04. The SMILES string of the molecule is c1cc(OCc2ccc3nc4ccccc4cc3c2)cc(OCc2ccc3nc4ccccc4cc3c2)c1. The molecule has 2 heterocycles. The fourth-order valence-electron chi connectivity index (χ4n) is 4.83. The summed E-state index contributed by atoms with van der Waals surface area (Å²) >= 11 is 0.